The van der Waals surface area contributed by atoms with Gasteiger partial charge >= 0.3 is 0 Å². The van der Waals surface area contributed by atoms with Crippen LogP contribution in [0.1, 0.15) is 10.4 Å². The molecule has 4 N–H and O–H groups in total. The lowest BCUT2D eigenvalue weighted by Crippen LogP contribution is -2.32. The number of para-hydroxylation sites is 1. The molecule has 0 saturated heterocycles. The van der Waals surface area contributed by atoms with Gasteiger partial charge in [0, 0.05) is 22.8 Å². The van der Waals surface area contributed by atoms with Crippen LogP contribution in [0, 0.1) is 0 Å². The smallest absolute Gasteiger partial charge is 0.253 e. The number of hydrogen-bond donors (Lipinski definition) is 4. The summed E-state index contributed by atoms with van der Waals surface area (Å²) in [4.78, 5) is 27.4. The Morgan fingerprint density at radius 3 is 2.56 bits per heavy atom. The van der Waals surface area contributed by atoms with Crippen LogP contribution in [0.5, 0.6) is 0 Å². The summed E-state index contributed by atoms with van der Waals surface area (Å²) in [7, 11) is -3.41. The number of rotatable bonds is 6. The van der Waals surface area contributed by atoms with Gasteiger partial charge < -0.3 is 15.6 Å². The molecular formula is C18H18N4O4S. The zero-order valence-corrected chi connectivity index (χ0v) is 15.3. The third kappa shape index (κ3) is 4.85. The molecule has 140 valence electrons. The normalized spacial score (nSPS) is 11.1. The van der Waals surface area contributed by atoms with E-state index in [1.807, 2.05) is 24.3 Å². The maximum atomic E-state index is 12.3. The number of fused-ring (bicyclic) bond motifs is 1. The van der Waals surface area contributed by atoms with Crippen LogP contribution in [0.2, 0.25) is 0 Å². The lowest BCUT2D eigenvalue weighted by Gasteiger charge is -2.09. The van der Waals surface area contributed by atoms with Crippen molar-refractivity contribution in [2.45, 2.75) is 0 Å². The number of H-pyrrole nitrogens is 1. The summed E-state index contributed by atoms with van der Waals surface area (Å²) in [5.41, 5.74) is 2.04. The Kier molecular flexibility index (Phi) is 5.13. The van der Waals surface area contributed by atoms with Crippen LogP contribution in [0.3, 0.4) is 0 Å². The first-order valence-corrected chi connectivity index (χ1v) is 9.93. The van der Waals surface area contributed by atoms with Gasteiger partial charge in [-0.05, 0) is 24.3 Å². The first-order chi connectivity index (χ1) is 12.8. The zero-order valence-electron chi connectivity index (χ0n) is 14.4. The molecule has 3 rings (SSSR count). The molecule has 0 unspecified atom stereocenters. The predicted molar refractivity (Wildman–Crippen MR) is 104 cm³/mol. The van der Waals surface area contributed by atoms with E-state index >= 15 is 0 Å². The second-order valence-electron chi connectivity index (χ2n) is 5.93. The number of aromatic nitrogens is 1. The second-order valence-corrected chi connectivity index (χ2v) is 7.68. The first kappa shape index (κ1) is 18.5. The van der Waals surface area contributed by atoms with Crippen LogP contribution in [0.25, 0.3) is 10.9 Å². The van der Waals surface area contributed by atoms with E-state index < -0.39 is 15.9 Å². The summed E-state index contributed by atoms with van der Waals surface area (Å²) in [5, 5.41) is 5.95. The van der Waals surface area contributed by atoms with Crippen molar-refractivity contribution in [3.05, 3.63) is 60.3 Å². The van der Waals surface area contributed by atoms with Crippen LogP contribution >= 0.6 is 0 Å². The van der Waals surface area contributed by atoms with Crippen LogP contribution < -0.4 is 15.4 Å². The number of sulfonamides is 1. The predicted octanol–water partition coefficient (Wildman–Crippen LogP) is 1.91. The van der Waals surface area contributed by atoms with Gasteiger partial charge in [0.1, 0.15) is 0 Å². The second kappa shape index (κ2) is 7.50. The minimum Gasteiger partial charge on any atom is -0.360 e. The summed E-state index contributed by atoms with van der Waals surface area (Å²) in [6.07, 6.45) is 2.64. The number of anilines is 2. The highest BCUT2D eigenvalue weighted by molar-refractivity contribution is 7.92. The summed E-state index contributed by atoms with van der Waals surface area (Å²) in [6, 6.07) is 13.6. The Morgan fingerprint density at radius 1 is 1.04 bits per heavy atom. The number of hydrogen-bond acceptors (Lipinski definition) is 4. The summed E-state index contributed by atoms with van der Waals surface area (Å²) >= 11 is 0. The van der Waals surface area contributed by atoms with Gasteiger partial charge in [0.15, 0.2) is 0 Å². The molecule has 8 nitrogen and oxygen atoms in total. The molecule has 9 heteroatoms. The highest BCUT2D eigenvalue weighted by atomic mass is 32.2. The standard InChI is InChI=1S/C18H18N4O4S/c1-27(25,26)22-13-6-4-5-12(9-13)21-17(23)11-20-18(24)15-10-19-16-8-3-2-7-14(15)16/h2-10,19,22H,11H2,1H3,(H,20,24)(H,21,23). The van der Waals surface area contributed by atoms with E-state index in [2.05, 4.69) is 20.3 Å². The maximum absolute atomic E-state index is 12.3. The molecule has 0 spiro atoms. The average Bonchev–Trinajstić information content (AvgIpc) is 3.02. The lowest BCUT2D eigenvalue weighted by molar-refractivity contribution is -0.115. The SMILES string of the molecule is CS(=O)(=O)Nc1cccc(NC(=O)CNC(=O)c2c[nH]c3ccccc23)c1. The fourth-order valence-electron chi connectivity index (χ4n) is 2.59. The highest BCUT2D eigenvalue weighted by Gasteiger charge is 2.13. The molecule has 0 bridgehead atoms. The van der Waals surface area contributed by atoms with Gasteiger partial charge in [-0.3, -0.25) is 14.3 Å². The molecule has 1 aromatic heterocycles. The van der Waals surface area contributed by atoms with Crippen molar-refractivity contribution in [3.8, 4) is 0 Å². The summed E-state index contributed by atoms with van der Waals surface area (Å²) < 4.78 is 24.9. The van der Waals surface area contributed by atoms with Crippen LogP contribution in [0.15, 0.2) is 54.7 Å². The van der Waals surface area contributed by atoms with Crippen molar-refractivity contribution in [3.63, 3.8) is 0 Å². The van der Waals surface area contributed by atoms with E-state index in [-0.39, 0.29) is 12.5 Å². The third-order valence-corrected chi connectivity index (χ3v) is 4.30. The van der Waals surface area contributed by atoms with Crippen molar-refractivity contribution >= 4 is 44.1 Å². The van der Waals surface area contributed by atoms with Crippen molar-refractivity contribution in [2.24, 2.45) is 0 Å². The molecule has 0 aliphatic rings. The minimum atomic E-state index is -3.41. The molecule has 0 aliphatic carbocycles. The Hall–Kier alpha value is -3.33. The van der Waals surface area contributed by atoms with E-state index in [0.717, 1.165) is 17.2 Å². The molecule has 0 atom stereocenters. The number of carbonyl (C=O) groups is 2. The zero-order chi connectivity index (χ0) is 19.4. The molecule has 2 aromatic carbocycles. The van der Waals surface area contributed by atoms with E-state index in [0.29, 0.717) is 16.9 Å². The number of nitrogens with one attached hydrogen (secondary N) is 4. The number of amides is 2. The van der Waals surface area contributed by atoms with E-state index in [1.165, 1.54) is 6.07 Å². The van der Waals surface area contributed by atoms with Gasteiger partial charge in [0.2, 0.25) is 15.9 Å². The van der Waals surface area contributed by atoms with E-state index in [1.54, 1.807) is 24.4 Å². The number of carbonyl (C=O) groups excluding carboxylic acids is 2. The van der Waals surface area contributed by atoms with Gasteiger partial charge in [0.05, 0.1) is 24.1 Å². The minimum absolute atomic E-state index is 0.220. The summed E-state index contributed by atoms with van der Waals surface area (Å²) in [5.74, 6) is -0.796. The Labute approximate surface area is 156 Å². The quantitative estimate of drug-likeness (QED) is 0.517. The number of benzene rings is 2. The molecule has 1 heterocycles. The van der Waals surface area contributed by atoms with E-state index in [9.17, 15) is 18.0 Å². The van der Waals surface area contributed by atoms with Gasteiger partial charge in [-0.1, -0.05) is 24.3 Å². The van der Waals surface area contributed by atoms with Gasteiger partial charge in [-0.15, -0.1) is 0 Å². The van der Waals surface area contributed by atoms with Gasteiger partial charge in [-0.25, -0.2) is 8.42 Å². The summed E-state index contributed by atoms with van der Waals surface area (Å²) in [6.45, 7) is -0.220. The highest BCUT2D eigenvalue weighted by Crippen LogP contribution is 2.18. The largest absolute Gasteiger partial charge is 0.360 e. The van der Waals surface area contributed by atoms with E-state index in [4.69, 9.17) is 0 Å². The van der Waals surface area contributed by atoms with Crippen LogP contribution in [-0.2, 0) is 14.8 Å². The maximum Gasteiger partial charge on any atom is 0.253 e. The Balaban J connectivity index is 1.60. The Bertz CT molecular complexity index is 1110. The monoisotopic (exact) mass is 386 g/mol. The van der Waals surface area contributed by atoms with Gasteiger partial charge in [-0.2, -0.15) is 0 Å². The van der Waals surface area contributed by atoms with Crippen molar-refractivity contribution in [1.82, 2.24) is 10.3 Å². The number of aromatic amines is 1. The molecule has 0 saturated carbocycles. The topological polar surface area (TPSA) is 120 Å². The Morgan fingerprint density at radius 2 is 1.78 bits per heavy atom. The fourth-order valence-corrected chi connectivity index (χ4v) is 3.15. The van der Waals surface area contributed by atoms with Crippen molar-refractivity contribution in [1.29, 1.82) is 0 Å². The molecule has 3 aromatic rings. The van der Waals surface area contributed by atoms with Crippen molar-refractivity contribution < 1.29 is 18.0 Å². The first-order valence-electron chi connectivity index (χ1n) is 8.04. The average molecular weight is 386 g/mol. The molecule has 0 aliphatic heterocycles. The molecule has 2 amide bonds. The fraction of sp³-hybridized carbons (Fsp3) is 0.111. The van der Waals surface area contributed by atoms with Crippen LogP contribution in [0.4, 0.5) is 11.4 Å². The van der Waals surface area contributed by atoms with Crippen LogP contribution in [-0.4, -0.2) is 38.0 Å². The van der Waals surface area contributed by atoms with Crippen molar-refractivity contribution in [2.75, 3.05) is 22.8 Å². The molecule has 0 radical (unpaired) electrons. The third-order valence-electron chi connectivity index (χ3n) is 3.69. The van der Waals surface area contributed by atoms with Gasteiger partial charge in [0.25, 0.3) is 5.91 Å². The molecule has 0 fully saturated rings. The molecular weight excluding hydrogens is 368 g/mol. The lowest BCUT2D eigenvalue weighted by atomic mass is 10.1. The molecule has 27 heavy (non-hydrogen) atoms.